The third kappa shape index (κ3) is 5.20. The predicted molar refractivity (Wildman–Crippen MR) is 138 cm³/mol. The number of aromatic nitrogens is 4. The first kappa shape index (κ1) is 26.4. The summed E-state index contributed by atoms with van der Waals surface area (Å²) >= 11 is 0. The molecule has 38 heavy (non-hydrogen) atoms. The summed E-state index contributed by atoms with van der Waals surface area (Å²) in [7, 11) is -3.71. The van der Waals surface area contributed by atoms with E-state index in [0.29, 0.717) is 24.6 Å². The quantitative estimate of drug-likeness (QED) is 0.342. The van der Waals surface area contributed by atoms with E-state index in [1.165, 1.54) is 10.7 Å². The minimum absolute atomic E-state index is 0.167. The highest BCUT2D eigenvalue weighted by atomic mass is 32.2. The van der Waals surface area contributed by atoms with Gasteiger partial charge < -0.3 is 19.3 Å². The van der Waals surface area contributed by atoms with E-state index in [2.05, 4.69) is 15.1 Å². The second-order valence-electron chi connectivity index (χ2n) is 9.53. The molecule has 4 aromatic rings. The van der Waals surface area contributed by atoms with Gasteiger partial charge in [0.25, 0.3) is 5.16 Å². The maximum absolute atomic E-state index is 12.2. The molecule has 1 N–H and O–H groups in total. The zero-order valence-electron chi connectivity index (χ0n) is 21.4. The maximum atomic E-state index is 12.2. The van der Waals surface area contributed by atoms with Crippen LogP contribution in [0.15, 0.2) is 72.0 Å². The van der Waals surface area contributed by atoms with Gasteiger partial charge in [-0.3, -0.25) is 0 Å². The Morgan fingerprint density at radius 1 is 1.05 bits per heavy atom. The van der Waals surface area contributed by atoms with Crippen molar-refractivity contribution in [1.82, 2.24) is 19.6 Å². The van der Waals surface area contributed by atoms with Gasteiger partial charge in [-0.05, 0) is 18.1 Å². The highest BCUT2D eigenvalue weighted by Crippen LogP contribution is 2.44. The molecule has 0 saturated carbocycles. The molecule has 11 heteroatoms. The average molecular weight is 539 g/mol. The second kappa shape index (κ2) is 10.5. The Morgan fingerprint density at radius 3 is 2.32 bits per heavy atom. The zero-order chi connectivity index (χ0) is 26.9. The Kier molecular flexibility index (Phi) is 7.30. The minimum atomic E-state index is -3.71. The standard InChI is InChI=1S/C27H30N4O6S/c1-18-24(36-16-21-12-8-5-9-13-21)22(17-35-15-20-10-6-4-7-11-20)37-27(18,32)23-14-28-25-19(2)29-26(30-31(23)25)38(3,33)34/h4-14,18,22,24,32H,15-17H2,1-3H3/t18-,22+,24-,27?/m0/s1. The number of sulfone groups is 1. The molecule has 1 unspecified atom stereocenters. The summed E-state index contributed by atoms with van der Waals surface area (Å²) in [5.74, 6) is -2.45. The monoisotopic (exact) mass is 538 g/mol. The smallest absolute Gasteiger partial charge is 0.265 e. The van der Waals surface area contributed by atoms with Crippen LogP contribution in [0.1, 0.15) is 29.4 Å². The first-order valence-corrected chi connectivity index (χ1v) is 14.2. The number of fused-ring (bicyclic) bond motifs is 1. The van der Waals surface area contributed by atoms with Gasteiger partial charge in [-0.1, -0.05) is 67.6 Å². The largest absolute Gasteiger partial charge is 0.374 e. The summed E-state index contributed by atoms with van der Waals surface area (Å²) in [6, 6.07) is 19.5. The molecule has 0 aliphatic carbocycles. The molecule has 10 nitrogen and oxygen atoms in total. The summed E-state index contributed by atoms with van der Waals surface area (Å²) < 4.78 is 44.2. The van der Waals surface area contributed by atoms with Crippen molar-refractivity contribution in [3.05, 3.63) is 89.4 Å². The molecule has 2 aromatic carbocycles. The van der Waals surface area contributed by atoms with Crippen LogP contribution in [0.5, 0.6) is 0 Å². The van der Waals surface area contributed by atoms with Crippen LogP contribution < -0.4 is 0 Å². The fraction of sp³-hybridized carbons (Fsp3) is 0.370. The fourth-order valence-corrected chi connectivity index (χ4v) is 5.19. The molecule has 0 spiro atoms. The third-order valence-electron chi connectivity index (χ3n) is 6.70. The summed E-state index contributed by atoms with van der Waals surface area (Å²) in [6.07, 6.45) is 1.30. The first-order valence-electron chi connectivity index (χ1n) is 12.3. The van der Waals surface area contributed by atoms with Crippen molar-refractivity contribution in [3.8, 4) is 0 Å². The van der Waals surface area contributed by atoms with Crippen molar-refractivity contribution in [2.45, 2.75) is 50.2 Å². The number of hydrogen-bond donors (Lipinski definition) is 1. The van der Waals surface area contributed by atoms with Gasteiger partial charge in [0, 0.05) is 12.2 Å². The van der Waals surface area contributed by atoms with Crippen molar-refractivity contribution < 1.29 is 27.7 Å². The highest BCUT2D eigenvalue weighted by molar-refractivity contribution is 7.90. The van der Waals surface area contributed by atoms with Crippen LogP contribution in [-0.4, -0.2) is 58.2 Å². The molecule has 3 heterocycles. The van der Waals surface area contributed by atoms with E-state index in [4.69, 9.17) is 14.2 Å². The lowest BCUT2D eigenvalue weighted by molar-refractivity contribution is -0.228. The van der Waals surface area contributed by atoms with E-state index in [9.17, 15) is 13.5 Å². The van der Waals surface area contributed by atoms with Crippen LogP contribution in [0.2, 0.25) is 0 Å². The Balaban J connectivity index is 1.46. The minimum Gasteiger partial charge on any atom is -0.374 e. The highest BCUT2D eigenvalue weighted by Gasteiger charge is 2.55. The normalized spacial score (nSPS) is 23.7. The van der Waals surface area contributed by atoms with Crippen LogP contribution in [0.3, 0.4) is 0 Å². The Hall–Kier alpha value is -3.22. The van der Waals surface area contributed by atoms with Crippen LogP contribution in [0, 0.1) is 12.8 Å². The van der Waals surface area contributed by atoms with Gasteiger partial charge in [0.15, 0.2) is 5.65 Å². The molecular weight excluding hydrogens is 508 g/mol. The van der Waals surface area contributed by atoms with Crippen LogP contribution in [0.25, 0.3) is 5.65 Å². The Morgan fingerprint density at radius 2 is 1.68 bits per heavy atom. The van der Waals surface area contributed by atoms with E-state index in [1.54, 1.807) is 6.92 Å². The maximum Gasteiger partial charge on any atom is 0.265 e. The molecule has 2 aromatic heterocycles. The number of benzene rings is 2. The molecule has 200 valence electrons. The van der Waals surface area contributed by atoms with Gasteiger partial charge in [0.1, 0.15) is 11.8 Å². The number of aryl methyl sites for hydroxylation is 1. The van der Waals surface area contributed by atoms with Gasteiger partial charge in [-0.25, -0.2) is 22.9 Å². The van der Waals surface area contributed by atoms with E-state index in [1.807, 2.05) is 67.6 Å². The number of ether oxygens (including phenoxy) is 3. The van der Waals surface area contributed by atoms with Gasteiger partial charge in [-0.2, -0.15) is 0 Å². The molecule has 4 atom stereocenters. The number of rotatable bonds is 9. The molecule has 0 radical (unpaired) electrons. The number of nitrogens with zero attached hydrogens (tertiary/aromatic N) is 4. The topological polar surface area (TPSA) is 125 Å². The molecule has 0 amide bonds. The van der Waals surface area contributed by atoms with Gasteiger partial charge >= 0.3 is 0 Å². The first-order chi connectivity index (χ1) is 18.2. The molecular formula is C27H30N4O6S. The molecule has 1 fully saturated rings. The summed E-state index contributed by atoms with van der Waals surface area (Å²) in [6.45, 7) is 4.31. The van der Waals surface area contributed by atoms with Crippen LogP contribution in [0.4, 0.5) is 0 Å². The predicted octanol–water partition coefficient (Wildman–Crippen LogP) is 2.82. The fourth-order valence-electron chi connectivity index (χ4n) is 4.65. The molecule has 0 bridgehead atoms. The summed E-state index contributed by atoms with van der Waals surface area (Å²) in [5, 5.41) is 15.7. The lowest BCUT2D eigenvalue weighted by atomic mass is 9.93. The van der Waals surface area contributed by atoms with E-state index < -0.39 is 33.8 Å². The molecule has 1 aliphatic heterocycles. The van der Waals surface area contributed by atoms with E-state index >= 15 is 0 Å². The van der Waals surface area contributed by atoms with E-state index in [-0.39, 0.29) is 17.5 Å². The summed E-state index contributed by atoms with van der Waals surface area (Å²) in [5.41, 5.74) is 2.87. The SMILES string of the molecule is Cc1nc(S(C)(=O)=O)nn2c(C3(O)O[C@H](COCc4ccccc4)[C@@H](OCc4ccccc4)[C@@H]3C)cnc12. The Bertz CT molecular complexity index is 1510. The van der Waals surface area contributed by atoms with Gasteiger partial charge in [-0.15, -0.1) is 5.10 Å². The lowest BCUT2D eigenvalue weighted by Crippen LogP contribution is -2.36. The molecule has 1 saturated heterocycles. The van der Waals surface area contributed by atoms with Crippen molar-refractivity contribution in [2.75, 3.05) is 12.9 Å². The van der Waals surface area contributed by atoms with Crippen LogP contribution in [-0.2, 0) is 43.0 Å². The molecule has 5 rings (SSSR count). The number of hydrogen-bond acceptors (Lipinski definition) is 9. The molecule has 1 aliphatic rings. The van der Waals surface area contributed by atoms with Gasteiger partial charge in [0.05, 0.1) is 37.8 Å². The van der Waals surface area contributed by atoms with Crippen molar-refractivity contribution in [2.24, 2.45) is 5.92 Å². The van der Waals surface area contributed by atoms with Crippen molar-refractivity contribution in [3.63, 3.8) is 0 Å². The second-order valence-corrected chi connectivity index (χ2v) is 11.4. The number of imidazole rings is 1. The van der Waals surface area contributed by atoms with E-state index in [0.717, 1.165) is 17.4 Å². The van der Waals surface area contributed by atoms with Gasteiger partial charge in [0.2, 0.25) is 15.6 Å². The summed E-state index contributed by atoms with van der Waals surface area (Å²) in [4.78, 5) is 8.41. The Labute approximate surface area is 221 Å². The van der Waals surface area contributed by atoms with Crippen molar-refractivity contribution in [1.29, 1.82) is 0 Å². The lowest BCUT2D eigenvalue weighted by Gasteiger charge is -2.27. The van der Waals surface area contributed by atoms with Crippen LogP contribution >= 0.6 is 0 Å². The third-order valence-corrected chi connectivity index (χ3v) is 7.53. The van der Waals surface area contributed by atoms with Crippen molar-refractivity contribution >= 4 is 15.5 Å². The number of aliphatic hydroxyl groups is 1. The average Bonchev–Trinajstić information content (AvgIpc) is 3.44. The zero-order valence-corrected chi connectivity index (χ0v) is 22.2.